The van der Waals surface area contributed by atoms with E-state index in [1.165, 1.54) is 6.21 Å². The van der Waals surface area contributed by atoms with Gasteiger partial charge in [0.05, 0.1) is 11.2 Å². The Bertz CT molecular complexity index is 381. The molecule has 0 bridgehead atoms. The minimum Gasteiger partial charge on any atom is -0.350 e. The fourth-order valence-corrected chi connectivity index (χ4v) is 1.49. The molecule has 0 aliphatic heterocycles. The molecule has 0 atom stereocenters. The summed E-state index contributed by atoms with van der Waals surface area (Å²) in [6, 6.07) is 4.60. The second kappa shape index (κ2) is 4.97. The van der Waals surface area contributed by atoms with Crippen LogP contribution in [-0.2, 0) is 0 Å². The smallest absolute Gasteiger partial charge is 0.332 e. The molecule has 0 heterocycles. The third kappa shape index (κ3) is 3.35. The van der Waals surface area contributed by atoms with E-state index in [0.29, 0.717) is 10.6 Å². The number of benzene rings is 1. The van der Waals surface area contributed by atoms with Gasteiger partial charge in [-0.2, -0.15) is 5.10 Å². The monoisotopic (exact) mass is 275 g/mol. The van der Waals surface area contributed by atoms with Gasteiger partial charge in [-0.1, -0.05) is 33.6 Å². The SMILES string of the molecule is NC(=O)N/N=C\c1ccc(Br)cc1Cl. The first-order chi connectivity index (χ1) is 6.59. The molecular weight excluding hydrogens is 269 g/mol. The molecule has 1 aromatic rings. The van der Waals surface area contributed by atoms with Gasteiger partial charge >= 0.3 is 6.03 Å². The Morgan fingerprint density at radius 1 is 1.64 bits per heavy atom. The van der Waals surface area contributed by atoms with Gasteiger partial charge in [0, 0.05) is 10.0 Å². The maximum atomic E-state index is 10.3. The van der Waals surface area contributed by atoms with Gasteiger partial charge in [0.15, 0.2) is 0 Å². The number of urea groups is 1. The van der Waals surface area contributed by atoms with Crippen molar-refractivity contribution in [1.29, 1.82) is 0 Å². The van der Waals surface area contributed by atoms with E-state index in [9.17, 15) is 4.79 Å². The van der Waals surface area contributed by atoms with Crippen molar-refractivity contribution < 1.29 is 4.79 Å². The number of nitrogens with zero attached hydrogens (tertiary/aromatic N) is 1. The summed E-state index contributed by atoms with van der Waals surface area (Å²) in [6.07, 6.45) is 1.42. The molecule has 0 unspecified atom stereocenters. The lowest BCUT2D eigenvalue weighted by atomic mass is 10.2. The number of primary amides is 1. The molecular formula is C8H7BrClN3O. The minimum absolute atomic E-state index is 0.536. The zero-order valence-electron chi connectivity index (χ0n) is 7.00. The molecule has 0 aliphatic rings. The van der Waals surface area contributed by atoms with Crippen LogP contribution in [0.25, 0.3) is 0 Å². The Labute approximate surface area is 94.2 Å². The standard InChI is InChI=1S/C8H7BrClN3O/c9-6-2-1-5(7(10)3-6)4-12-13-8(11)14/h1-4H,(H3,11,13,14)/b12-4-. The molecule has 0 radical (unpaired) electrons. The topological polar surface area (TPSA) is 67.5 Å². The number of hydrazone groups is 1. The Morgan fingerprint density at radius 3 is 2.93 bits per heavy atom. The molecule has 0 saturated heterocycles. The number of carbonyl (C=O) groups excluding carboxylic acids is 1. The average molecular weight is 277 g/mol. The lowest BCUT2D eigenvalue weighted by Gasteiger charge is -1.97. The molecule has 0 saturated carbocycles. The molecule has 0 aliphatic carbocycles. The van der Waals surface area contributed by atoms with Gasteiger partial charge < -0.3 is 5.73 Å². The minimum atomic E-state index is -0.713. The van der Waals surface area contributed by atoms with Crippen molar-refractivity contribution in [3.05, 3.63) is 33.3 Å². The molecule has 14 heavy (non-hydrogen) atoms. The van der Waals surface area contributed by atoms with Crippen LogP contribution in [-0.4, -0.2) is 12.2 Å². The maximum absolute atomic E-state index is 10.3. The van der Waals surface area contributed by atoms with Crippen molar-refractivity contribution in [2.75, 3.05) is 0 Å². The molecule has 6 heteroatoms. The van der Waals surface area contributed by atoms with E-state index in [-0.39, 0.29) is 0 Å². The molecule has 0 aromatic heterocycles. The number of carbonyl (C=O) groups is 1. The Kier molecular flexibility index (Phi) is 3.91. The van der Waals surface area contributed by atoms with Gasteiger partial charge in [-0.3, -0.25) is 0 Å². The van der Waals surface area contributed by atoms with E-state index in [4.69, 9.17) is 17.3 Å². The average Bonchev–Trinajstić information content (AvgIpc) is 2.08. The van der Waals surface area contributed by atoms with Crippen molar-refractivity contribution in [1.82, 2.24) is 5.43 Å². The summed E-state index contributed by atoms with van der Waals surface area (Å²) in [7, 11) is 0. The lowest BCUT2D eigenvalue weighted by molar-refractivity contribution is 0.249. The lowest BCUT2D eigenvalue weighted by Crippen LogP contribution is -2.24. The summed E-state index contributed by atoms with van der Waals surface area (Å²) in [4.78, 5) is 10.3. The van der Waals surface area contributed by atoms with Gasteiger partial charge in [-0.15, -0.1) is 0 Å². The summed E-state index contributed by atoms with van der Waals surface area (Å²) >= 11 is 9.15. The molecule has 0 spiro atoms. The van der Waals surface area contributed by atoms with Crippen LogP contribution in [0.1, 0.15) is 5.56 Å². The van der Waals surface area contributed by atoms with E-state index < -0.39 is 6.03 Å². The highest BCUT2D eigenvalue weighted by atomic mass is 79.9. The largest absolute Gasteiger partial charge is 0.350 e. The fraction of sp³-hybridized carbons (Fsp3) is 0. The van der Waals surface area contributed by atoms with Crippen molar-refractivity contribution in [2.45, 2.75) is 0 Å². The van der Waals surface area contributed by atoms with Crippen LogP contribution in [0.15, 0.2) is 27.8 Å². The van der Waals surface area contributed by atoms with Crippen LogP contribution < -0.4 is 11.2 Å². The maximum Gasteiger partial charge on any atom is 0.332 e. The molecule has 4 nitrogen and oxygen atoms in total. The van der Waals surface area contributed by atoms with Gasteiger partial charge in [0.1, 0.15) is 0 Å². The summed E-state index contributed by atoms with van der Waals surface area (Å²) in [6.45, 7) is 0. The third-order valence-electron chi connectivity index (χ3n) is 1.34. The highest BCUT2D eigenvalue weighted by Crippen LogP contribution is 2.19. The second-order valence-electron chi connectivity index (χ2n) is 2.40. The molecule has 1 rings (SSSR count). The van der Waals surface area contributed by atoms with Crippen LogP contribution in [0.3, 0.4) is 0 Å². The molecule has 74 valence electrons. The van der Waals surface area contributed by atoms with Crippen molar-refractivity contribution in [3.63, 3.8) is 0 Å². The van der Waals surface area contributed by atoms with Crippen LogP contribution >= 0.6 is 27.5 Å². The quantitative estimate of drug-likeness (QED) is 0.630. The van der Waals surface area contributed by atoms with Crippen LogP contribution in [0.5, 0.6) is 0 Å². The number of nitrogens with two attached hydrogens (primary N) is 1. The molecule has 0 fully saturated rings. The molecule has 3 N–H and O–H groups in total. The number of halogens is 2. The number of amides is 2. The van der Waals surface area contributed by atoms with E-state index in [1.54, 1.807) is 12.1 Å². The molecule has 1 aromatic carbocycles. The normalized spacial score (nSPS) is 10.4. The predicted molar refractivity (Wildman–Crippen MR) is 59.5 cm³/mol. The zero-order valence-corrected chi connectivity index (χ0v) is 9.34. The molecule has 2 amide bonds. The van der Waals surface area contributed by atoms with Gasteiger partial charge in [-0.25, -0.2) is 10.2 Å². The first kappa shape index (κ1) is 11.0. The number of rotatable bonds is 2. The summed E-state index contributed by atoms with van der Waals surface area (Å²) in [5, 5.41) is 4.12. The number of hydrogen-bond donors (Lipinski definition) is 2. The van der Waals surface area contributed by atoms with E-state index in [2.05, 4.69) is 26.5 Å². The van der Waals surface area contributed by atoms with Crippen molar-refractivity contribution in [3.8, 4) is 0 Å². The Hall–Kier alpha value is -1.07. The summed E-state index contributed by atoms with van der Waals surface area (Å²) in [5.74, 6) is 0. The van der Waals surface area contributed by atoms with Crippen LogP contribution in [0, 0.1) is 0 Å². The fourth-order valence-electron chi connectivity index (χ4n) is 0.772. The predicted octanol–water partition coefficient (Wildman–Crippen LogP) is 2.10. The van der Waals surface area contributed by atoms with E-state index >= 15 is 0 Å². The first-order valence-electron chi connectivity index (χ1n) is 3.63. The Balaban J connectivity index is 2.76. The van der Waals surface area contributed by atoms with E-state index in [0.717, 1.165) is 4.47 Å². The highest BCUT2D eigenvalue weighted by molar-refractivity contribution is 9.10. The summed E-state index contributed by atoms with van der Waals surface area (Å²) in [5.41, 5.74) is 7.59. The second-order valence-corrected chi connectivity index (χ2v) is 3.72. The van der Waals surface area contributed by atoms with Crippen molar-refractivity contribution >= 4 is 39.8 Å². The van der Waals surface area contributed by atoms with E-state index in [1.807, 2.05) is 6.07 Å². The van der Waals surface area contributed by atoms with Gasteiger partial charge in [0.2, 0.25) is 0 Å². The van der Waals surface area contributed by atoms with Crippen LogP contribution in [0.4, 0.5) is 4.79 Å². The number of nitrogens with one attached hydrogen (secondary N) is 1. The van der Waals surface area contributed by atoms with Crippen LogP contribution in [0.2, 0.25) is 5.02 Å². The first-order valence-corrected chi connectivity index (χ1v) is 4.80. The number of hydrogen-bond acceptors (Lipinski definition) is 2. The van der Waals surface area contributed by atoms with Crippen molar-refractivity contribution in [2.24, 2.45) is 10.8 Å². The Morgan fingerprint density at radius 2 is 2.36 bits per heavy atom. The highest BCUT2D eigenvalue weighted by Gasteiger charge is 1.97. The zero-order chi connectivity index (χ0) is 10.6. The summed E-state index contributed by atoms with van der Waals surface area (Å²) < 4.78 is 0.877. The van der Waals surface area contributed by atoms with Gasteiger partial charge in [-0.05, 0) is 12.1 Å². The van der Waals surface area contributed by atoms with Gasteiger partial charge in [0.25, 0.3) is 0 Å². The third-order valence-corrected chi connectivity index (χ3v) is 2.16.